The molecule has 2 N–H and O–H groups in total. The highest BCUT2D eigenvalue weighted by atomic mass is 35.5. The number of aliphatic carboxylic acids is 1. The monoisotopic (exact) mass is 556 g/mol. The Labute approximate surface area is 227 Å². The third-order valence-corrected chi connectivity index (χ3v) is 6.89. The third kappa shape index (κ3) is 5.89. The molecule has 4 aromatic rings. The van der Waals surface area contributed by atoms with E-state index >= 15 is 0 Å². The van der Waals surface area contributed by atoms with Gasteiger partial charge in [-0.25, -0.2) is 23.1 Å². The number of fused-ring (bicyclic) bond motifs is 1. The molecule has 1 atom stereocenters. The molecule has 0 amide bonds. The first kappa shape index (κ1) is 26.6. The lowest BCUT2D eigenvalue weighted by atomic mass is 10.0. The second-order valence-electron chi connectivity index (χ2n) is 9.12. The first-order valence-corrected chi connectivity index (χ1v) is 12.6. The van der Waals surface area contributed by atoms with Crippen LogP contribution in [0.3, 0.4) is 0 Å². The summed E-state index contributed by atoms with van der Waals surface area (Å²) >= 11 is 6.39. The standard InChI is InChI=1S/C27H24ClF3N6O2/c28-20-14-32-22-6-5-16(11-19(22)24(20)35-25(26(30)31)18-3-1-2-4-21(18)29)17-12-33-27(34-13-17)37-9-7-36(8-10-37)15-23(38)39/h1-6,11-14,25-26H,7-10,15H2,(H,32,35)(H,38,39). The van der Waals surface area contributed by atoms with Crippen LogP contribution < -0.4 is 10.2 Å². The molecule has 202 valence electrons. The molecule has 12 heteroatoms. The molecular formula is C27H24ClF3N6O2. The van der Waals surface area contributed by atoms with E-state index in [4.69, 9.17) is 16.7 Å². The lowest BCUT2D eigenvalue weighted by Gasteiger charge is -2.33. The van der Waals surface area contributed by atoms with Crippen molar-refractivity contribution in [3.8, 4) is 11.1 Å². The third-order valence-electron chi connectivity index (χ3n) is 6.60. The van der Waals surface area contributed by atoms with Crippen LogP contribution in [0.2, 0.25) is 5.02 Å². The van der Waals surface area contributed by atoms with E-state index in [2.05, 4.69) is 20.3 Å². The molecule has 0 spiro atoms. The number of aromatic nitrogens is 3. The number of carboxylic acids is 1. The molecule has 2 aromatic heterocycles. The molecular weight excluding hydrogens is 533 g/mol. The van der Waals surface area contributed by atoms with Gasteiger partial charge in [0, 0.05) is 61.3 Å². The van der Waals surface area contributed by atoms with Crippen LogP contribution in [0.15, 0.2) is 61.1 Å². The van der Waals surface area contributed by atoms with Gasteiger partial charge in [0.05, 0.1) is 22.8 Å². The van der Waals surface area contributed by atoms with Gasteiger partial charge in [-0.1, -0.05) is 35.9 Å². The van der Waals surface area contributed by atoms with Crippen LogP contribution in [0.5, 0.6) is 0 Å². The van der Waals surface area contributed by atoms with Crippen LogP contribution in [-0.2, 0) is 4.79 Å². The fourth-order valence-electron chi connectivity index (χ4n) is 4.58. The summed E-state index contributed by atoms with van der Waals surface area (Å²) in [6, 6.07) is 9.07. The summed E-state index contributed by atoms with van der Waals surface area (Å²) in [5.41, 5.74) is 1.97. The highest BCUT2D eigenvalue weighted by Crippen LogP contribution is 2.37. The Hall–Kier alpha value is -3.96. The van der Waals surface area contributed by atoms with E-state index in [-0.39, 0.29) is 22.8 Å². The number of anilines is 2. The lowest BCUT2D eigenvalue weighted by molar-refractivity contribution is -0.138. The fourth-order valence-corrected chi connectivity index (χ4v) is 4.79. The second-order valence-corrected chi connectivity index (χ2v) is 9.53. The second kappa shape index (κ2) is 11.4. The van der Waals surface area contributed by atoms with Crippen molar-refractivity contribution in [3.63, 3.8) is 0 Å². The van der Waals surface area contributed by atoms with Crippen molar-refractivity contribution in [2.24, 2.45) is 0 Å². The Morgan fingerprint density at radius 1 is 1.00 bits per heavy atom. The largest absolute Gasteiger partial charge is 0.480 e. The van der Waals surface area contributed by atoms with E-state index in [0.29, 0.717) is 54.2 Å². The minimum atomic E-state index is -2.91. The number of carbonyl (C=O) groups is 1. The van der Waals surface area contributed by atoms with Crippen LogP contribution in [0, 0.1) is 5.82 Å². The molecule has 1 unspecified atom stereocenters. The topological polar surface area (TPSA) is 94.5 Å². The van der Waals surface area contributed by atoms with Crippen LogP contribution in [0.1, 0.15) is 11.6 Å². The Morgan fingerprint density at radius 2 is 1.72 bits per heavy atom. The number of rotatable bonds is 8. The molecule has 0 aliphatic carbocycles. The highest BCUT2D eigenvalue weighted by Gasteiger charge is 2.27. The quantitative estimate of drug-likeness (QED) is 0.309. The van der Waals surface area contributed by atoms with Crippen molar-refractivity contribution in [2.75, 3.05) is 42.9 Å². The van der Waals surface area contributed by atoms with Gasteiger partial charge < -0.3 is 15.3 Å². The van der Waals surface area contributed by atoms with Crippen LogP contribution >= 0.6 is 11.6 Å². The van der Waals surface area contributed by atoms with Crippen molar-refractivity contribution < 1.29 is 23.1 Å². The Balaban J connectivity index is 1.41. The molecule has 1 aliphatic heterocycles. The summed E-state index contributed by atoms with van der Waals surface area (Å²) in [5, 5.41) is 12.3. The lowest BCUT2D eigenvalue weighted by Crippen LogP contribution is -2.48. The molecule has 1 fully saturated rings. The molecule has 1 saturated heterocycles. The van der Waals surface area contributed by atoms with Gasteiger partial charge in [-0.05, 0) is 23.8 Å². The van der Waals surface area contributed by atoms with Gasteiger partial charge in [-0.15, -0.1) is 0 Å². The molecule has 0 bridgehead atoms. The molecule has 8 nitrogen and oxygen atoms in total. The van der Waals surface area contributed by atoms with Gasteiger partial charge in [0.15, 0.2) is 0 Å². The summed E-state index contributed by atoms with van der Waals surface area (Å²) in [4.78, 5) is 28.1. The number of piperazine rings is 1. The fraction of sp³-hybridized carbons (Fsp3) is 0.259. The zero-order valence-corrected chi connectivity index (χ0v) is 21.3. The van der Waals surface area contributed by atoms with Crippen molar-refractivity contribution in [1.29, 1.82) is 0 Å². The Kier molecular flexibility index (Phi) is 7.80. The van der Waals surface area contributed by atoms with Crippen LogP contribution in [0.25, 0.3) is 22.0 Å². The number of hydrogen-bond acceptors (Lipinski definition) is 7. The van der Waals surface area contributed by atoms with Gasteiger partial charge >= 0.3 is 5.97 Å². The van der Waals surface area contributed by atoms with Crippen molar-refractivity contribution >= 4 is 40.1 Å². The van der Waals surface area contributed by atoms with E-state index in [0.717, 1.165) is 6.07 Å². The molecule has 39 heavy (non-hydrogen) atoms. The Bertz CT molecular complexity index is 1480. The van der Waals surface area contributed by atoms with Gasteiger partial charge in [0.1, 0.15) is 11.9 Å². The summed E-state index contributed by atoms with van der Waals surface area (Å²) in [6.07, 6.45) is 1.79. The predicted molar refractivity (Wildman–Crippen MR) is 143 cm³/mol. The van der Waals surface area contributed by atoms with Gasteiger partial charge in [-0.2, -0.15) is 0 Å². The number of nitrogens with one attached hydrogen (secondary N) is 1. The van der Waals surface area contributed by atoms with Crippen LogP contribution in [-0.4, -0.2) is 70.1 Å². The summed E-state index contributed by atoms with van der Waals surface area (Å²) in [5.74, 6) is -1.07. The average Bonchev–Trinajstić information content (AvgIpc) is 2.93. The molecule has 5 rings (SSSR count). The van der Waals surface area contributed by atoms with Gasteiger partial charge in [-0.3, -0.25) is 14.7 Å². The summed E-state index contributed by atoms with van der Waals surface area (Å²) in [7, 11) is 0. The molecule has 1 aliphatic rings. The van der Waals surface area contributed by atoms with Gasteiger partial charge in [0.2, 0.25) is 5.95 Å². The number of hydrogen-bond donors (Lipinski definition) is 2. The smallest absolute Gasteiger partial charge is 0.317 e. The number of nitrogens with zero attached hydrogens (tertiary/aromatic N) is 5. The van der Waals surface area contributed by atoms with E-state index < -0.39 is 24.3 Å². The van der Waals surface area contributed by atoms with Crippen LogP contribution in [0.4, 0.5) is 24.8 Å². The van der Waals surface area contributed by atoms with Crippen molar-refractivity contribution in [1.82, 2.24) is 19.9 Å². The minimum absolute atomic E-state index is 0.00364. The Morgan fingerprint density at radius 3 is 2.38 bits per heavy atom. The molecule has 0 radical (unpaired) electrons. The van der Waals surface area contributed by atoms with Crippen molar-refractivity contribution in [2.45, 2.75) is 12.5 Å². The molecule has 3 heterocycles. The maximum Gasteiger partial charge on any atom is 0.317 e. The average molecular weight is 557 g/mol. The number of halogens is 4. The van der Waals surface area contributed by atoms with E-state index in [1.54, 1.807) is 24.5 Å². The zero-order valence-electron chi connectivity index (χ0n) is 20.6. The number of benzene rings is 2. The zero-order chi connectivity index (χ0) is 27.5. The number of alkyl halides is 2. The number of pyridine rings is 1. The van der Waals surface area contributed by atoms with E-state index in [1.165, 1.54) is 24.4 Å². The first-order valence-electron chi connectivity index (χ1n) is 12.2. The molecule has 2 aromatic carbocycles. The first-order chi connectivity index (χ1) is 18.8. The maximum atomic E-state index is 14.4. The summed E-state index contributed by atoms with van der Waals surface area (Å²) in [6.45, 7) is 2.41. The number of carboxylic acid groups (broad SMARTS) is 1. The summed E-state index contributed by atoms with van der Waals surface area (Å²) < 4.78 is 42.5. The normalized spacial score (nSPS) is 15.1. The maximum absolute atomic E-state index is 14.4. The van der Waals surface area contributed by atoms with E-state index in [9.17, 15) is 18.0 Å². The molecule has 0 saturated carbocycles. The van der Waals surface area contributed by atoms with Crippen molar-refractivity contribution in [3.05, 3.63) is 77.5 Å². The van der Waals surface area contributed by atoms with Gasteiger partial charge in [0.25, 0.3) is 6.43 Å². The minimum Gasteiger partial charge on any atom is -0.480 e. The SMILES string of the molecule is O=C(O)CN1CCN(c2ncc(-c3ccc4ncc(Cl)c(NC(c5ccccc5F)C(F)F)c4c3)cn2)CC1. The highest BCUT2D eigenvalue weighted by molar-refractivity contribution is 6.34. The predicted octanol–water partition coefficient (Wildman–Crippen LogP) is 5.11. The van der Waals surface area contributed by atoms with E-state index in [1.807, 2.05) is 15.9 Å².